The molecule has 0 radical (unpaired) electrons. The van der Waals surface area contributed by atoms with Gasteiger partial charge in [0.05, 0.1) is 0 Å². The third-order valence-corrected chi connectivity index (χ3v) is 4.46. The highest BCUT2D eigenvalue weighted by Gasteiger charge is 2.17. The Hall–Kier alpha value is -2.47. The molecule has 1 fully saturated rings. The van der Waals surface area contributed by atoms with Crippen molar-refractivity contribution in [3.8, 4) is 0 Å². The lowest BCUT2D eigenvalue weighted by atomic mass is 10.1. The van der Waals surface area contributed by atoms with Gasteiger partial charge in [0.1, 0.15) is 0 Å². The fraction of sp³-hybridized carbons (Fsp3) is 0.316. The Labute approximate surface area is 153 Å². The van der Waals surface area contributed by atoms with Gasteiger partial charge in [-0.25, -0.2) is 0 Å². The molecule has 2 aromatic rings. The van der Waals surface area contributed by atoms with Gasteiger partial charge < -0.3 is 15.5 Å². The van der Waals surface area contributed by atoms with Crippen LogP contribution in [0.3, 0.4) is 0 Å². The number of piperidine rings is 1. The first-order chi connectivity index (χ1) is 12.2. The van der Waals surface area contributed by atoms with Gasteiger partial charge in [0.15, 0.2) is 5.11 Å². The van der Waals surface area contributed by atoms with Crippen LogP contribution < -0.4 is 10.6 Å². The maximum Gasteiger partial charge on any atom is 0.253 e. The van der Waals surface area contributed by atoms with Crippen LogP contribution >= 0.6 is 12.2 Å². The quantitative estimate of drug-likeness (QED) is 0.826. The van der Waals surface area contributed by atoms with E-state index in [0.29, 0.717) is 11.7 Å². The van der Waals surface area contributed by atoms with Crippen molar-refractivity contribution in [3.05, 3.63) is 59.9 Å². The second-order valence-electron chi connectivity index (χ2n) is 6.10. The van der Waals surface area contributed by atoms with Gasteiger partial charge >= 0.3 is 0 Å². The fourth-order valence-corrected chi connectivity index (χ4v) is 3.03. The molecular weight excluding hydrogens is 332 g/mol. The Bertz CT molecular complexity index is 712. The number of amides is 1. The summed E-state index contributed by atoms with van der Waals surface area (Å²) in [6.45, 7) is 2.34. The molecule has 2 N–H and O–H groups in total. The van der Waals surface area contributed by atoms with Gasteiger partial charge in [0, 0.05) is 43.3 Å². The number of rotatable bonds is 4. The molecule has 0 bridgehead atoms. The van der Waals surface area contributed by atoms with Crippen LogP contribution in [0.4, 0.5) is 5.69 Å². The molecule has 1 aromatic heterocycles. The van der Waals surface area contributed by atoms with E-state index in [4.69, 9.17) is 12.2 Å². The van der Waals surface area contributed by atoms with Gasteiger partial charge in [-0.15, -0.1) is 0 Å². The Morgan fingerprint density at radius 1 is 1.12 bits per heavy atom. The van der Waals surface area contributed by atoms with Crippen LogP contribution in [0.15, 0.2) is 48.8 Å². The van der Waals surface area contributed by atoms with Crippen LogP contribution in [0.1, 0.15) is 35.2 Å². The highest BCUT2D eigenvalue weighted by Crippen LogP contribution is 2.15. The number of hydrogen-bond acceptors (Lipinski definition) is 3. The van der Waals surface area contributed by atoms with E-state index in [2.05, 4.69) is 15.6 Å². The van der Waals surface area contributed by atoms with Crippen LogP contribution in [0.25, 0.3) is 0 Å². The summed E-state index contributed by atoms with van der Waals surface area (Å²) in [7, 11) is 0. The summed E-state index contributed by atoms with van der Waals surface area (Å²) >= 11 is 5.30. The SMILES string of the molecule is O=C(c1ccc(NC(=S)NCc2cccnc2)cc1)N1CCCCC1. The molecule has 0 aliphatic carbocycles. The number of benzene rings is 1. The number of carbonyl (C=O) groups is 1. The third kappa shape index (κ3) is 5.00. The van der Waals surface area contributed by atoms with Crippen molar-refractivity contribution in [3.63, 3.8) is 0 Å². The minimum absolute atomic E-state index is 0.114. The molecule has 0 atom stereocenters. The molecule has 0 spiro atoms. The van der Waals surface area contributed by atoms with Crippen LogP contribution in [0, 0.1) is 0 Å². The minimum Gasteiger partial charge on any atom is -0.358 e. The Balaban J connectivity index is 1.51. The predicted octanol–water partition coefficient (Wildman–Crippen LogP) is 3.19. The lowest BCUT2D eigenvalue weighted by molar-refractivity contribution is 0.0724. The second kappa shape index (κ2) is 8.58. The summed E-state index contributed by atoms with van der Waals surface area (Å²) in [5, 5.41) is 6.82. The van der Waals surface area contributed by atoms with Crippen LogP contribution in [-0.2, 0) is 6.54 Å². The summed E-state index contributed by atoms with van der Waals surface area (Å²) < 4.78 is 0. The third-order valence-electron chi connectivity index (χ3n) is 4.21. The zero-order valence-electron chi connectivity index (χ0n) is 14.1. The highest BCUT2D eigenvalue weighted by atomic mass is 32.1. The number of nitrogens with zero attached hydrogens (tertiary/aromatic N) is 2. The summed E-state index contributed by atoms with van der Waals surface area (Å²) in [4.78, 5) is 18.5. The summed E-state index contributed by atoms with van der Waals surface area (Å²) in [5.74, 6) is 0.114. The maximum atomic E-state index is 12.5. The standard InChI is InChI=1S/C19H22N4OS/c24-18(23-11-2-1-3-12-23)16-6-8-17(9-7-16)22-19(25)21-14-15-5-4-10-20-13-15/h4-10,13H,1-3,11-12,14H2,(H2,21,22,25). The summed E-state index contributed by atoms with van der Waals surface area (Å²) in [6.07, 6.45) is 6.96. The van der Waals surface area contributed by atoms with Crippen molar-refractivity contribution in [1.29, 1.82) is 0 Å². The zero-order valence-corrected chi connectivity index (χ0v) is 14.9. The highest BCUT2D eigenvalue weighted by molar-refractivity contribution is 7.80. The van der Waals surface area contributed by atoms with E-state index in [1.54, 1.807) is 12.4 Å². The molecule has 130 valence electrons. The summed E-state index contributed by atoms with van der Waals surface area (Å²) in [5.41, 5.74) is 2.65. The first kappa shape index (κ1) is 17.4. The largest absolute Gasteiger partial charge is 0.358 e. The van der Waals surface area contributed by atoms with Crippen LogP contribution in [0.2, 0.25) is 0 Å². The topological polar surface area (TPSA) is 57.3 Å². The minimum atomic E-state index is 0.114. The van der Waals surface area contributed by atoms with Crippen molar-refractivity contribution >= 4 is 28.9 Å². The maximum absolute atomic E-state index is 12.5. The fourth-order valence-electron chi connectivity index (χ4n) is 2.84. The van der Waals surface area contributed by atoms with Gasteiger partial charge in [-0.3, -0.25) is 9.78 Å². The van der Waals surface area contributed by atoms with Crippen molar-refractivity contribution < 1.29 is 4.79 Å². The van der Waals surface area contributed by atoms with Gasteiger partial charge in [-0.2, -0.15) is 0 Å². The van der Waals surface area contributed by atoms with Crippen molar-refractivity contribution in [2.45, 2.75) is 25.8 Å². The normalized spacial score (nSPS) is 14.0. The molecule has 0 saturated carbocycles. The Morgan fingerprint density at radius 3 is 2.56 bits per heavy atom. The van der Waals surface area contributed by atoms with E-state index in [0.717, 1.165) is 42.7 Å². The van der Waals surface area contributed by atoms with Gasteiger partial charge in [0.2, 0.25) is 0 Å². The number of likely N-dealkylation sites (tertiary alicyclic amines) is 1. The molecule has 5 nitrogen and oxygen atoms in total. The number of thiocarbonyl (C=S) groups is 1. The van der Waals surface area contributed by atoms with E-state index >= 15 is 0 Å². The molecular formula is C19H22N4OS. The second-order valence-corrected chi connectivity index (χ2v) is 6.51. The van der Waals surface area contributed by atoms with Gasteiger partial charge in [-0.1, -0.05) is 6.07 Å². The first-order valence-electron chi connectivity index (χ1n) is 8.55. The van der Waals surface area contributed by atoms with E-state index in [1.165, 1.54) is 6.42 Å². The first-order valence-corrected chi connectivity index (χ1v) is 8.96. The average Bonchev–Trinajstić information content (AvgIpc) is 2.68. The monoisotopic (exact) mass is 354 g/mol. The number of carbonyl (C=O) groups excluding carboxylic acids is 1. The molecule has 0 unspecified atom stereocenters. The molecule has 1 saturated heterocycles. The Morgan fingerprint density at radius 2 is 1.88 bits per heavy atom. The lowest BCUT2D eigenvalue weighted by Crippen LogP contribution is -2.35. The number of anilines is 1. The van der Waals surface area contributed by atoms with Gasteiger partial charge in [0.25, 0.3) is 5.91 Å². The van der Waals surface area contributed by atoms with E-state index in [-0.39, 0.29) is 5.91 Å². The van der Waals surface area contributed by atoms with Crippen LogP contribution in [-0.4, -0.2) is 34.0 Å². The molecule has 1 aliphatic rings. The Kier molecular flexibility index (Phi) is 5.95. The van der Waals surface area contributed by atoms with Crippen molar-refractivity contribution in [1.82, 2.24) is 15.2 Å². The van der Waals surface area contributed by atoms with E-state index < -0.39 is 0 Å². The molecule has 3 rings (SSSR count). The lowest BCUT2D eigenvalue weighted by Gasteiger charge is -2.26. The molecule has 2 heterocycles. The average molecular weight is 354 g/mol. The van der Waals surface area contributed by atoms with Crippen molar-refractivity contribution in [2.24, 2.45) is 0 Å². The smallest absolute Gasteiger partial charge is 0.253 e. The molecule has 1 aliphatic heterocycles. The number of pyridine rings is 1. The van der Waals surface area contributed by atoms with E-state index in [1.807, 2.05) is 41.3 Å². The van der Waals surface area contributed by atoms with Crippen LogP contribution in [0.5, 0.6) is 0 Å². The molecule has 25 heavy (non-hydrogen) atoms. The van der Waals surface area contributed by atoms with Gasteiger partial charge in [-0.05, 0) is 67.4 Å². The zero-order chi connectivity index (χ0) is 17.5. The predicted molar refractivity (Wildman–Crippen MR) is 103 cm³/mol. The molecule has 1 aromatic carbocycles. The van der Waals surface area contributed by atoms with Crippen molar-refractivity contribution in [2.75, 3.05) is 18.4 Å². The molecule has 6 heteroatoms. The van der Waals surface area contributed by atoms with E-state index in [9.17, 15) is 4.79 Å². The number of nitrogens with one attached hydrogen (secondary N) is 2. The molecule has 1 amide bonds. The number of aromatic nitrogens is 1. The number of hydrogen-bond donors (Lipinski definition) is 2. The summed E-state index contributed by atoms with van der Waals surface area (Å²) in [6, 6.07) is 11.4.